The second-order valence-corrected chi connectivity index (χ2v) is 11.4. The Labute approximate surface area is 257 Å². The number of halogens is 4. The summed E-state index contributed by atoms with van der Waals surface area (Å²) in [5.74, 6) is -0.136. The number of carbonyl (C=O) groups is 1. The molecule has 6 rings (SSSR count). The highest BCUT2D eigenvalue weighted by molar-refractivity contribution is 6.00. The Hall–Kier alpha value is -4.45. The Bertz CT molecular complexity index is 1680. The van der Waals surface area contributed by atoms with E-state index in [0.29, 0.717) is 60.6 Å². The fourth-order valence-corrected chi connectivity index (χ4v) is 6.28. The molecule has 2 atom stereocenters. The van der Waals surface area contributed by atoms with Crippen molar-refractivity contribution < 1.29 is 32.2 Å². The van der Waals surface area contributed by atoms with Gasteiger partial charge in [-0.3, -0.25) is 0 Å². The molecule has 2 aliphatic heterocycles. The lowest BCUT2D eigenvalue weighted by Gasteiger charge is -2.33. The molecule has 12 heteroatoms. The molecule has 0 spiro atoms. The van der Waals surface area contributed by atoms with Crippen molar-refractivity contribution in [1.82, 2.24) is 20.1 Å². The highest BCUT2D eigenvalue weighted by atomic mass is 19.4. The molecule has 0 bridgehead atoms. The normalized spacial score (nSPS) is 19.8. The van der Waals surface area contributed by atoms with E-state index in [0.717, 1.165) is 19.3 Å². The monoisotopic (exact) mass is 623 g/mol. The first kappa shape index (κ1) is 30.6. The van der Waals surface area contributed by atoms with Crippen LogP contribution in [-0.4, -0.2) is 57.9 Å². The number of fused-ring (bicyclic) bond motifs is 1. The van der Waals surface area contributed by atoms with Gasteiger partial charge in [-0.1, -0.05) is 36.4 Å². The second-order valence-electron chi connectivity index (χ2n) is 11.4. The van der Waals surface area contributed by atoms with Crippen LogP contribution in [0.3, 0.4) is 0 Å². The van der Waals surface area contributed by atoms with E-state index in [2.05, 4.69) is 15.4 Å². The molecular formula is C33H33F4N5O3. The van der Waals surface area contributed by atoms with Crippen LogP contribution in [0.4, 0.5) is 28.2 Å². The summed E-state index contributed by atoms with van der Waals surface area (Å²) in [6.45, 7) is 1.64. The molecule has 2 aromatic carbocycles. The maximum atomic E-state index is 15.3. The number of anilines is 1. The summed E-state index contributed by atoms with van der Waals surface area (Å²) in [4.78, 5) is 17.7. The van der Waals surface area contributed by atoms with Crippen LogP contribution in [0.15, 0.2) is 66.9 Å². The number of nitrogens with zero attached hydrogens (tertiary/aromatic N) is 4. The number of benzene rings is 2. The molecule has 236 valence electrons. The van der Waals surface area contributed by atoms with Gasteiger partial charge in [-0.2, -0.15) is 17.6 Å². The average Bonchev–Trinajstić information content (AvgIpc) is 3.37. The minimum atomic E-state index is -4.53. The summed E-state index contributed by atoms with van der Waals surface area (Å²) in [5, 5.41) is 16.0. The van der Waals surface area contributed by atoms with E-state index < -0.39 is 30.9 Å². The first-order chi connectivity index (χ1) is 21.7. The van der Waals surface area contributed by atoms with E-state index in [4.69, 9.17) is 9.84 Å². The zero-order chi connectivity index (χ0) is 31.6. The number of hydrogen-bond acceptors (Lipinski definition) is 5. The third kappa shape index (κ3) is 6.95. The molecule has 4 heterocycles. The van der Waals surface area contributed by atoms with Crippen molar-refractivity contribution in [3.8, 4) is 0 Å². The maximum Gasteiger partial charge on any atom is 0.404 e. The van der Waals surface area contributed by atoms with Crippen molar-refractivity contribution in [3.63, 3.8) is 0 Å². The maximum absolute atomic E-state index is 15.3. The Morgan fingerprint density at radius 2 is 1.80 bits per heavy atom. The third-order valence-corrected chi connectivity index (χ3v) is 8.29. The quantitative estimate of drug-likeness (QED) is 0.165. The van der Waals surface area contributed by atoms with Crippen molar-refractivity contribution in [2.45, 2.75) is 57.0 Å². The number of alkyl halides is 3. The molecule has 0 saturated carbocycles. The van der Waals surface area contributed by atoms with Gasteiger partial charge in [0.25, 0.3) is 0 Å². The van der Waals surface area contributed by atoms with Crippen LogP contribution in [0.1, 0.15) is 61.4 Å². The van der Waals surface area contributed by atoms with Gasteiger partial charge in [0, 0.05) is 37.5 Å². The minimum Gasteiger partial charge on any atom is -0.465 e. The molecule has 2 aromatic heterocycles. The van der Waals surface area contributed by atoms with Crippen LogP contribution < -0.4 is 10.2 Å². The molecule has 8 nitrogen and oxygen atoms in total. The summed E-state index contributed by atoms with van der Waals surface area (Å²) < 4.78 is 65.1. The fraction of sp³-hybridized carbons (Fsp3) is 0.364. The number of nitrogens with one attached hydrogen (secondary N) is 1. The predicted molar refractivity (Wildman–Crippen MR) is 162 cm³/mol. The number of pyridine rings is 1. The number of rotatable bonds is 7. The van der Waals surface area contributed by atoms with Crippen molar-refractivity contribution in [2.75, 3.05) is 24.6 Å². The van der Waals surface area contributed by atoms with Gasteiger partial charge in [-0.05, 0) is 78.6 Å². The van der Waals surface area contributed by atoms with Crippen molar-refractivity contribution in [2.24, 2.45) is 0 Å². The number of allylic oxidation sites excluding steroid dienone is 1. The molecule has 4 aromatic rings. The van der Waals surface area contributed by atoms with E-state index in [1.54, 1.807) is 60.7 Å². The summed E-state index contributed by atoms with van der Waals surface area (Å²) in [6.07, 6.45) is -1.72. The molecular weight excluding hydrogens is 590 g/mol. The van der Waals surface area contributed by atoms with Crippen LogP contribution in [0.5, 0.6) is 0 Å². The predicted octanol–water partition coefficient (Wildman–Crippen LogP) is 7.42. The van der Waals surface area contributed by atoms with Gasteiger partial charge in [0.15, 0.2) is 6.23 Å². The molecule has 0 radical (unpaired) electrons. The van der Waals surface area contributed by atoms with Crippen LogP contribution in [0, 0.1) is 5.95 Å². The highest BCUT2D eigenvalue weighted by Crippen LogP contribution is 2.40. The Kier molecular flexibility index (Phi) is 8.75. The molecule has 0 aliphatic carbocycles. The van der Waals surface area contributed by atoms with E-state index in [9.17, 15) is 18.0 Å². The van der Waals surface area contributed by atoms with E-state index in [1.807, 2.05) is 4.90 Å². The third-order valence-electron chi connectivity index (χ3n) is 8.29. The lowest BCUT2D eigenvalue weighted by atomic mass is 9.88. The van der Waals surface area contributed by atoms with Crippen LogP contribution in [0.2, 0.25) is 0 Å². The topological polar surface area (TPSA) is 92.5 Å². The first-order valence-corrected chi connectivity index (χ1v) is 15.0. The Morgan fingerprint density at radius 1 is 1.00 bits per heavy atom. The van der Waals surface area contributed by atoms with Crippen molar-refractivity contribution >= 4 is 34.0 Å². The van der Waals surface area contributed by atoms with Crippen LogP contribution in [0.25, 0.3) is 22.0 Å². The summed E-state index contributed by atoms with van der Waals surface area (Å²) in [6, 6.07) is 16.5. The Morgan fingerprint density at radius 3 is 2.49 bits per heavy atom. The van der Waals surface area contributed by atoms with E-state index >= 15 is 4.39 Å². The lowest BCUT2D eigenvalue weighted by molar-refractivity contribution is -0.122. The Balaban J connectivity index is 1.46. The van der Waals surface area contributed by atoms with Gasteiger partial charge in [0.2, 0.25) is 5.95 Å². The molecule has 1 amide bonds. The number of amides is 1. The van der Waals surface area contributed by atoms with Crippen LogP contribution in [-0.2, 0) is 4.74 Å². The zero-order valence-corrected chi connectivity index (χ0v) is 24.4. The molecule has 45 heavy (non-hydrogen) atoms. The summed E-state index contributed by atoms with van der Waals surface area (Å²) >= 11 is 0. The van der Waals surface area contributed by atoms with Crippen molar-refractivity contribution in [1.29, 1.82) is 0 Å². The van der Waals surface area contributed by atoms with Crippen molar-refractivity contribution in [3.05, 3.63) is 89.5 Å². The molecule has 2 fully saturated rings. The fourth-order valence-electron chi connectivity index (χ4n) is 6.28. The summed E-state index contributed by atoms with van der Waals surface area (Å²) in [5.41, 5.74) is 2.03. The average molecular weight is 624 g/mol. The van der Waals surface area contributed by atoms with Gasteiger partial charge in [-0.25, -0.2) is 14.5 Å². The standard InChI is InChI=1S/C33H33F4N5O3/c34-31-25-17-22(11-13-27(25)42(40-31)29-10-4-5-16-45-29)30(26(18-33(35,36)37)21-7-2-1-3-8-21)23-12-14-28(38-19-23)41-15-6-9-24(20-41)39-32(43)44/h1-3,7-8,11-14,17,19,24,29,39H,4-6,9-10,15-16,18,20H2,(H,43,44)/b30-26-/t24-,29?/m0/s1. The molecule has 2 N–H and O–H groups in total. The van der Waals surface area contributed by atoms with Crippen LogP contribution >= 0.6 is 0 Å². The van der Waals surface area contributed by atoms with Gasteiger partial charge >= 0.3 is 12.3 Å². The number of ether oxygens (including phenoxy) is 1. The number of piperidine rings is 1. The lowest BCUT2D eigenvalue weighted by Crippen LogP contribution is -2.47. The summed E-state index contributed by atoms with van der Waals surface area (Å²) in [7, 11) is 0. The minimum absolute atomic E-state index is 0.0316. The molecule has 1 unspecified atom stereocenters. The van der Waals surface area contributed by atoms with Gasteiger partial charge < -0.3 is 20.1 Å². The van der Waals surface area contributed by atoms with E-state index in [-0.39, 0.29) is 22.6 Å². The number of hydrogen-bond donors (Lipinski definition) is 2. The molecule has 2 aliphatic rings. The highest BCUT2D eigenvalue weighted by Gasteiger charge is 2.32. The first-order valence-electron chi connectivity index (χ1n) is 15.0. The van der Waals surface area contributed by atoms with Gasteiger partial charge in [0.05, 0.1) is 17.3 Å². The number of aromatic nitrogens is 3. The zero-order valence-electron chi connectivity index (χ0n) is 24.4. The largest absolute Gasteiger partial charge is 0.465 e. The van der Waals surface area contributed by atoms with Gasteiger partial charge in [-0.15, -0.1) is 5.10 Å². The van der Waals surface area contributed by atoms with E-state index in [1.165, 1.54) is 10.9 Å². The SMILES string of the molecule is O=C(O)N[C@H]1CCCN(c2ccc(/C(=C(/CC(F)(F)F)c3ccccc3)c3ccc4c(c3)c(F)nn4C3CCCCO3)cn2)C1. The molecule has 2 saturated heterocycles. The second kappa shape index (κ2) is 12.9. The number of carboxylic acid groups (broad SMARTS) is 1. The van der Waals surface area contributed by atoms with Gasteiger partial charge in [0.1, 0.15) is 5.82 Å². The smallest absolute Gasteiger partial charge is 0.404 e.